The molecule has 0 aromatic carbocycles. The van der Waals surface area contributed by atoms with Crippen molar-refractivity contribution < 1.29 is 9.59 Å². The maximum atomic E-state index is 10.9. The number of hydrogen-bond donors (Lipinski definition) is 2. The molecule has 0 rings (SSSR count). The maximum absolute atomic E-state index is 10.9. The van der Waals surface area contributed by atoms with E-state index in [2.05, 4.69) is 10.6 Å². The largest absolute Gasteiger partial charge is 0.341 e. The van der Waals surface area contributed by atoms with Crippen molar-refractivity contribution in [1.82, 2.24) is 10.6 Å². The number of urea groups is 1. The minimum atomic E-state index is -0.466. The summed E-state index contributed by atoms with van der Waals surface area (Å²) in [5, 5.41) is 5.10. The van der Waals surface area contributed by atoms with Crippen LogP contribution >= 0.6 is 0 Å². The number of ketones is 1. The Kier molecular flexibility index (Phi) is 3.73. The van der Waals surface area contributed by atoms with E-state index in [4.69, 9.17) is 0 Å². The lowest BCUT2D eigenvalue weighted by Crippen LogP contribution is -2.48. The zero-order valence-electron chi connectivity index (χ0n) is 8.02. The van der Waals surface area contributed by atoms with Gasteiger partial charge in [0.05, 0.1) is 0 Å². The van der Waals surface area contributed by atoms with Gasteiger partial charge >= 0.3 is 6.03 Å². The number of carbonyl (C=O) groups excluding carboxylic acids is 2. The van der Waals surface area contributed by atoms with E-state index in [1.165, 1.54) is 6.92 Å². The van der Waals surface area contributed by atoms with E-state index in [1.54, 1.807) is 7.05 Å². The molecule has 0 aliphatic heterocycles. The Morgan fingerprint density at radius 3 is 2.17 bits per heavy atom. The van der Waals surface area contributed by atoms with Crippen molar-refractivity contribution in [3.8, 4) is 0 Å². The van der Waals surface area contributed by atoms with Crippen molar-refractivity contribution in [1.29, 1.82) is 0 Å². The van der Waals surface area contributed by atoms with Crippen LogP contribution < -0.4 is 10.6 Å². The summed E-state index contributed by atoms with van der Waals surface area (Å²) in [5.41, 5.74) is -0.466. The molecule has 2 N–H and O–H groups in total. The zero-order chi connectivity index (χ0) is 9.78. The van der Waals surface area contributed by atoms with Gasteiger partial charge in [-0.05, 0) is 20.8 Å². The Labute approximate surface area is 72.7 Å². The molecule has 70 valence electrons. The lowest BCUT2D eigenvalue weighted by molar-refractivity contribution is -0.118. The molecule has 12 heavy (non-hydrogen) atoms. The second-order valence-corrected chi connectivity index (χ2v) is 3.47. The Hall–Kier alpha value is -1.06. The van der Waals surface area contributed by atoms with Crippen LogP contribution in [0.25, 0.3) is 0 Å². The molecule has 0 unspecified atom stereocenters. The van der Waals surface area contributed by atoms with E-state index >= 15 is 0 Å². The summed E-state index contributed by atoms with van der Waals surface area (Å²) in [6, 6.07) is -0.263. The van der Waals surface area contributed by atoms with E-state index in [9.17, 15) is 9.59 Å². The van der Waals surface area contributed by atoms with E-state index in [-0.39, 0.29) is 11.8 Å². The topological polar surface area (TPSA) is 58.2 Å². The highest BCUT2D eigenvalue weighted by Gasteiger charge is 2.21. The summed E-state index contributed by atoms with van der Waals surface area (Å²) in [6.07, 6.45) is 0.348. The molecular weight excluding hydrogens is 156 g/mol. The number of rotatable bonds is 3. The molecular formula is C8H16N2O2. The Morgan fingerprint density at radius 1 is 1.33 bits per heavy atom. The molecule has 0 fully saturated rings. The first-order valence-corrected chi connectivity index (χ1v) is 3.87. The number of carbonyl (C=O) groups is 2. The van der Waals surface area contributed by atoms with E-state index in [1.807, 2.05) is 13.8 Å². The van der Waals surface area contributed by atoms with Crippen molar-refractivity contribution >= 4 is 11.8 Å². The summed E-state index contributed by atoms with van der Waals surface area (Å²) >= 11 is 0. The Bertz CT molecular complexity index is 187. The van der Waals surface area contributed by atoms with Crippen molar-refractivity contribution in [2.75, 3.05) is 7.05 Å². The highest BCUT2D eigenvalue weighted by Crippen LogP contribution is 2.07. The third kappa shape index (κ3) is 4.71. The molecule has 0 heterocycles. The SMILES string of the molecule is CNC(=O)NC(C)(C)CC(C)=O. The smallest absolute Gasteiger partial charge is 0.314 e. The summed E-state index contributed by atoms with van der Waals surface area (Å²) in [6.45, 7) is 5.13. The van der Waals surface area contributed by atoms with Crippen LogP contribution in [-0.2, 0) is 4.79 Å². The average molecular weight is 172 g/mol. The number of hydrogen-bond acceptors (Lipinski definition) is 2. The lowest BCUT2D eigenvalue weighted by atomic mass is 9.99. The van der Waals surface area contributed by atoms with Gasteiger partial charge in [0.15, 0.2) is 0 Å². The second-order valence-electron chi connectivity index (χ2n) is 3.47. The minimum Gasteiger partial charge on any atom is -0.341 e. The van der Waals surface area contributed by atoms with Crippen LogP contribution in [0.5, 0.6) is 0 Å². The zero-order valence-corrected chi connectivity index (χ0v) is 8.02. The summed E-state index contributed by atoms with van der Waals surface area (Å²) in [4.78, 5) is 21.6. The van der Waals surface area contributed by atoms with Gasteiger partial charge in [0.2, 0.25) is 0 Å². The second kappa shape index (κ2) is 4.09. The monoisotopic (exact) mass is 172 g/mol. The predicted octanol–water partition coefficient (Wildman–Crippen LogP) is 0.673. The van der Waals surface area contributed by atoms with E-state index in [0.29, 0.717) is 6.42 Å². The fourth-order valence-electron chi connectivity index (χ4n) is 1.04. The van der Waals surface area contributed by atoms with Crippen molar-refractivity contribution in [2.45, 2.75) is 32.7 Å². The van der Waals surface area contributed by atoms with Gasteiger partial charge in [0.25, 0.3) is 0 Å². The van der Waals surface area contributed by atoms with Gasteiger partial charge in [-0.25, -0.2) is 4.79 Å². The van der Waals surface area contributed by atoms with Gasteiger partial charge < -0.3 is 10.6 Å². The first kappa shape index (κ1) is 10.9. The normalized spacial score (nSPS) is 10.7. The highest BCUT2D eigenvalue weighted by atomic mass is 16.2. The van der Waals surface area contributed by atoms with Crippen LogP contribution in [0.15, 0.2) is 0 Å². The molecule has 0 radical (unpaired) electrons. The third-order valence-corrected chi connectivity index (χ3v) is 1.37. The molecule has 0 spiro atoms. The maximum Gasteiger partial charge on any atom is 0.314 e. The van der Waals surface area contributed by atoms with E-state index < -0.39 is 5.54 Å². The molecule has 0 aromatic rings. The van der Waals surface area contributed by atoms with Crippen molar-refractivity contribution in [3.63, 3.8) is 0 Å². The van der Waals surface area contributed by atoms with Gasteiger partial charge in [0, 0.05) is 19.0 Å². The molecule has 4 heteroatoms. The minimum absolute atomic E-state index is 0.0661. The fourth-order valence-corrected chi connectivity index (χ4v) is 1.04. The molecule has 0 bridgehead atoms. The summed E-state index contributed by atoms with van der Waals surface area (Å²) < 4.78 is 0. The van der Waals surface area contributed by atoms with E-state index in [0.717, 1.165) is 0 Å². The van der Waals surface area contributed by atoms with Crippen LogP contribution in [0.1, 0.15) is 27.2 Å². The van der Waals surface area contributed by atoms with Crippen LogP contribution in [-0.4, -0.2) is 24.4 Å². The predicted molar refractivity (Wildman–Crippen MR) is 47.0 cm³/mol. The third-order valence-electron chi connectivity index (χ3n) is 1.37. The van der Waals surface area contributed by atoms with Crippen LogP contribution in [0.4, 0.5) is 4.79 Å². The van der Waals surface area contributed by atoms with Crippen LogP contribution in [0.2, 0.25) is 0 Å². The number of Topliss-reactive ketones (excluding diaryl/α,β-unsaturated/α-hetero) is 1. The Morgan fingerprint density at radius 2 is 1.83 bits per heavy atom. The van der Waals surface area contributed by atoms with Gasteiger partial charge in [-0.15, -0.1) is 0 Å². The molecule has 2 amide bonds. The van der Waals surface area contributed by atoms with Crippen LogP contribution in [0, 0.1) is 0 Å². The Balaban J connectivity index is 4.03. The molecule has 4 nitrogen and oxygen atoms in total. The molecule has 0 saturated heterocycles. The molecule has 0 atom stereocenters. The summed E-state index contributed by atoms with van der Waals surface area (Å²) in [5.74, 6) is 0.0661. The molecule has 0 saturated carbocycles. The molecule has 0 aliphatic carbocycles. The van der Waals surface area contributed by atoms with Crippen LogP contribution in [0.3, 0.4) is 0 Å². The standard InChI is InChI=1S/C8H16N2O2/c1-6(11)5-8(2,3)10-7(12)9-4/h5H2,1-4H3,(H2,9,10,12). The van der Waals surface area contributed by atoms with Crippen molar-refractivity contribution in [3.05, 3.63) is 0 Å². The molecule has 0 aliphatic rings. The van der Waals surface area contributed by atoms with Gasteiger partial charge in [0.1, 0.15) is 5.78 Å². The molecule has 0 aromatic heterocycles. The van der Waals surface area contributed by atoms with Gasteiger partial charge in [-0.2, -0.15) is 0 Å². The van der Waals surface area contributed by atoms with Gasteiger partial charge in [-0.3, -0.25) is 4.79 Å². The first-order chi connectivity index (χ1) is 5.37. The lowest BCUT2D eigenvalue weighted by Gasteiger charge is -2.24. The van der Waals surface area contributed by atoms with Gasteiger partial charge in [-0.1, -0.05) is 0 Å². The fraction of sp³-hybridized carbons (Fsp3) is 0.750. The highest BCUT2D eigenvalue weighted by molar-refractivity contribution is 5.79. The quantitative estimate of drug-likeness (QED) is 0.657. The number of amides is 2. The average Bonchev–Trinajstić information content (AvgIpc) is 1.83. The summed E-state index contributed by atoms with van der Waals surface area (Å²) in [7, 11) is 1.54. The van der Waals surface area contributed by atoms with Crippen molar-refractivity contribution in [2.24, 2.45) is 0 Å². The number of nitrogens with one attached hydrogen (secondary N) is 2. The first-order valence-electron chi connectivity index (χ1n) is 3.87.